The van der Waals surface area contributed by atoms with Crippen molar-refractivity contribution in [3.8, 4) is 0 Å². The van der Waals surface area contributed by atoms with E-state index in [0.29, 0.717) is 0 Å². The average molecular weight is 243 g/mol. The summed E-state index contributed by atoms with van der Waals surface area (Å²) in [5.74, 6) is -2.38. The van der Waals surface area contributed by atoms with Crippen molar-refractivity contribution in [2.24, 2.45) is 22.7 Å². The van der Waals surface area contributed by atoms with Gasteiger partial charge < -0.3 is 10.4 Å². The molecule has 4 heteroatoms. The van der Waals surface area contributed by atoms with E-state index in [0.717, 1.165) is 0 Å². The second-order valence-corrected chi connectivity index (χ2v) is 6.64. The Morgan fingerprint density at radius 2 is 1.29 bits per heavy atom. The van der Waals surface area contributed by atoms with Gasteiger partial charge in [0, 0.05) is 7.05 Å². The van der Waals surface area contributed by atoms with Gasteiger partial charge in [-0.05, 0) is 10.8 Å². The van der Waals surface area contributed by atoms with Crippen molar-refractivity contribution in [2.45, 2.75) is 41.5 Å². The van der Waals surface area contributed by atoms with Crippen molar-refractivity contribution in [2.75, 3.05) is 7.05 Å². The van der Waals surface area contributed by atoms with Crippen LogP contribution in [0, 0.1) is 22.7 Å². The number of carboxylic acids is 1. The van der Waals surface area contributed by atoms with E-state index in [1.807, 2.05) is 41.5 Å². The maximum atomic E-state index is 12.0. The smallest absolute Gasteiger partial charge is 0.307 e. The van der Waals surface area contributed by atoms with Crippen LogP contribution in [0.4, 0.5) is 0 Å². The molecule has 2 atom stereocenters. The van der Waals surface area contributed by atoms with Crippen molar-refractivity contribution in [3.63, 3.8) is 0 Å². The largest absolute Gasteiger partial charge is 0.481 e. The molecule has 0 rings (SSSR count). The fourth-order valence-electron chi connectivity index (χ4n) is 2.21. The van der Waals surface area contributed by atoms with Crippen LogP contribution in [0.2, 0.25) is 0 Å². The first-order valence-electron chi connectivity index (χ1n) is 5.87. The number of carbonyl (C=O) groups is 2. The monoisotopic (exact) mass is 243 g/mol. The lowest BCUT2D eigenvalue weighted by Gasteiger charge is -2.39. The van der Waals surface area contributed by atoms with Gasteiger partial charge in [-0.1, -0.05) is 41.5 Å². The maximum absolute atomic E-state index is 12.0. The number of rotatable bonds is 3. The minimum absolute atomic E-state index is 0.208. The second-order valence-electron chi connectivity index (χ2n) is 6.64. The summed E-state index contributed by atoms with van der Waals surface area (Å²) in [5, 5.41) is 12.0. The molecule has 1 amide bonds. The number of aliphatic carboxylic acids is 1. The molecule has 0 saturated heterocycles. The molecule has 0 aromatic rings. The van der Waals surface area contributed by atoms with Crippen LogP contribution in [0.1, 0.15) is 41.5 Å². The van der Waals surface area contributed by atoms with Crippen LogP contribution in [0.15, 0.2) is 0 Å². The Bertz CT molecular complexity index is 297. The van der Waals surface area contributed by atoms with E-state index < -0.39 is 28.6 Å². The molecule has 0 aromatic carbocycles. The van der Waals surface area contributed by atoms with E-state index in [-0.39, 0.29) is 5.91 Å². The highest BCUT2D eigenvalue weighted by Crippen LogP contribution is 2.41. The summed E-state index contributed by atoms with van der Waals surface area (Å²) in [6.45, 7) is 11.3. The fourth-order valence-corrected chi connectivity index (χ4v) is 2.21. The molecule has 0 aliphatic heterocycles. The van der Waals surface area contributed by atoms with Gasteiger partial charge in [0.2, 0.25) is 5.91 Å². The predicted molar refractivity (Wildman–Crippen MR) is 67.6 cm³/mol. The third kappa shape index (κ3) is 4.02. The summed E-state index contributed by atoms with van der Waals surface area (Å²) in [5.41, 5.74) is -0.854. The Balaban J connectivity index is 5.56. The maximum Gasteiger partial charge on any atom is 0.307 e. The number of hydrogen-bond donors (Lipinski definition) is 2. The Hall–Kier alpha value is -1.06. The number of amides is 1. The van der Waals surface area contributed by atoms with Gasteiger partial charge in [-0.2, -0.15) is 0 Å². The summed E-state index contributed by atoms with van der Waals surface area (Å²) in [6, 6.07) is 0. The normalized spacial score (nSPS) is 16.2. The quantitative estimate of drug-likeness (QED) is 0.798. The molecule has 0 bridgehead atoms. The topological polar surface area (TPSA) is 66.4 Å². The van der Waals surface area contributed by atoms with Crippen molar-refractivity contribution in [3.05, 3.63) is 0 Å². The van der Waals surface area contributed by atoms with E-state index in [4.69, 9.17) is 0 Å². The van der Waals surface area contributed by atoms with E-state index in [9.17, 15) is 14.7 Å². The van der Waals surface area contributed by atoms with Crippen LogP contribution >= 0.6 is 0 Å². The molecular weight excluding hydrogens is 218 g/mol. The molecule has 0 fully saturated rings. The van der Waals surface area contributed by atoms with Gasteiger partial charge in [0.05, 0.1) is 11.8 Å². The first-order chi connectivity index (χ1) is 7.42. The van der Waals surface area contributed by atoms with Gasteiger partial charge in [-0.3, -0.25) is 9.59 Å². The third-order valence-corrected chi connectivity index (χ3v) is 2.99. The lowest BCUT2D eigenvalue weighted by molar-refractivity contribution is -0.156. The molecule has 0 spiro atoms. The molecular formula is C13H25NO3. The van der Waals surface area contributed by atoms with Crippen LogP contribution in [0.3, 0.4) is 0 Å². The summed E-state index contributed by atoms with van der Waals surface area (Å²) in [7, 11) is 1.54. The molecule has 0 aliphatic carbocycles. The number of nitrogens with one attached hydrogen (secondary N) is 1. The Labute approximate surface area is 104 Å². The van der Waals surface area contributed by atoms with Crippen LogP contribution < -0.4 is 5.32 Å². The van der Waals surface area contributed by atoms with E-state index in [1.54, 1.807) is 7.05 Å². The first-order valence-corrected chi connectivity index (χ1v) is 5.87. The van der Waals surface area contributed by atoms with Crippen molar-refractivity contribution < 1.29 is 14.7 Å². The Kier molecular flexibility index (Phi) is 4.75. The van der Waals surface area contributed by atoms with E-state index >= 15 is 0 Å². The molecule has 100 valence electrons. The third-order valence-electron chi connectivity index (χ3n) is 2.99. The molecule has 0 aliphatic rings. The fraction of sp³-hybridized carbons (Fsp3) is 0.846. The van der Waals surface area contributed by atoms with Crippen molar-refractivity contribution in [1.82, 2.24) is 5.32 Å². The van der Waals surface area contributed by atoms with E-state index in [1.165, 1.54) is 0 Å². The Morgan fingerprint density at radius 3 is 1.47 bits per heavy atom. The minimum Gasteiger partial charge on any atom is -0.481 e. The SMILES string of the molecule is CNC(=O)C(C(C(=O)O)C(C)(C)C)C(C)(C)C. The zero-order chi connectivity index (χ0) is 14.0. The molecule has 0 aromatic heterocycles. The van der Waals surface area contributed by atoms with Gasteiger partial charge in [0.25, 0.3) is 0 Å². The predicted octanol–water partition coefficient (Wildman–Crippen LogP) is 2.14. The highest BCUT2D eigenvalue weighted by molar-refractivity contribution is 5.85. The zero-order valence-electron chi connectivity index (χ0n) is 11.9. The molecule has 2 unspecified atom stereocenters. The first kappa shape index (κ1) is 15.9. The van der Waals surface area contributed by atoms with Crippen LogP contribution in [0.5, 0.6) is 0 Å². The van der Waals surface area contributed by atoms with Crippen molar-refractivity contribution >= 4 is 11.9 Å². The molecule has 0 radical (unpaired) electrons. The van der Waals surface area contributed by atoms with Gasteiger partial charge in [-0.25, -0.2) is 0 Å². The van der Waals surface area contributed by atoms with Gasteiger partial charge in [-0.15, -0.1) is 0 Å². The number of hydrogen-bond acceptors (Lipinski definition) is 2. The number of carboxylic acid groups (broad SMARTS) is 1. The van der Waals surface area contributed by atoms with Crippen molar-refractivity contribution in [1.29, 1.82) is 0 Å². The average Bonchev–Trinajstić information content (AvgIpc) is 2.08. The molecule has 2 N–H and O–H groups in total. The van der Waals surface area contributed by atoms with Crippen LogP contribution in [-0.2, 0) is 9.59 Å². The summed E-state index contributed by atoms with van der Waals surface area (Å²) in [4.78, 5) is 23.5. The van der Waals surface area contributed by atoms with E-state index in [2.05, 4.69) is 5.32 Å². The zero-order valence-corrected chi connectivity index (χ0v) is 11.9. The highest BCUT2D eigenvalue weighted by atomic mass is 16.4. The summed E-state index contributed by atoms with van der Waals surface area (Å²) >= 11 is 0. The molecule has 0 heterocycles. The number of carbonyl (C=O) groups excluding carboxylic acids is 1. The minimum atomic E-state index is -0.916. The molecule has 4 nitrogen and oxygen atoms in total. The highest BCUT2D eigenvalue weighted by Gasteiger charge is 2.46. The second kappa shape index (κ2) is 5.07. The van der Waals surface area contributed by atoms with Gasteiger partial charge >= 0.3 is 5.97 Å². The summed E-state index contributed by atoms with van der Waals surface area (Å²) in [6.07, 6.45) is 0. The van der Waals surface area contributed by atoms with Crippen LogP contribution in [-0.4, -0.2) is 24.0 Å². The molecule has 0 saturated carbocycles. The lowest BCUT2D eigenvalue weighted by atomic mass is 9.64. The summed E-state index contributed by atoms with van der Waals surface area (Å²) < 4.78 is 0. The standard InChI is InChI=1S/C13H25NO3/c1-12(2,3)8(10(15)14-7)9(11(16)17)13(4,5)6/h8-9H,1-7H3,(H,14,15)(H,16,17). The Morgan fingerprint density at radius 1 is 0.941 bits per heavy atom. The van der Waals surface area contributed by atoms with Crippen LogP contribution in [0.25, 0.3) is 0 Å². The van der Waals surface area contributed by atoms with Gasteiger partial charge in [0.1, 0.15) is 0 Å². The molecule has 17 heavy (non-hydrogen) atoms. The lowest BCUT2D eigenvalue weighted by Crippen LogP contribution is -2.48. The van der Waals surface area contributed by atoms with Gasteiger partial charge in [0.15, 0.2) is 0 Å².